The Morgan fingerprint density at radius 3 is 2.70 bits per heavy atom. The van der Waals surface area contributed by atoms with Gasteiger partial charge in [-0.2, -0.15) is 0 Å². The molecule has 0 saturated carbocycles. The van der Waals surface area contributed by atoms with Crippen molar-refractivity contribution in [2.45, 2.75) is 17.9 Å². The van der Waals surface area contributed by atoms with Crippen molar-refractivity contribution in [3.8, 4) is 11.5 Å². The van der Waals surface area contributed by atoms with Crippen molar-refractivity contribution in [1.82, 2.24) is 0 Å². The van der Waals surface area contributed by atoms with Crippen LogP contribution in [0.25, 0.3) is 0 Å². The fourth-order valence-electron chi connectivity index (χ4n) is 2.12. The summed E-state index contributed by atoms with van der Waals surface area (Å²) in [6.45, 7) is 1.60. The van der Waals surface area contributed by atoms with Gasteiger partial charge in [0.05, 0.1) is 16.3 Å². The summed E-state index contributed by atoms with van der Waals surface area (Å²) in [4.78, 5) is 11.6. The number of benzene rings is 2. The standard InChI is InChI=1S/C15H14N2O5S/c1-9-15(19)16-12-8-10(6-7-14(12)22-9)23(20,21)17-11-4-2-3-5-13(11)18/h2-9,17-18H,1H3,(H,16,19). The third-order valence-corrected chi connectivity index (χ3v) is 4.70. The maximum Gasteiger partial charge on any atom is 0.265 e. The molecular formula is C15H14N2O5S. The van der Waals surface area contributed by atoms with Crippen LogP contribution in [-0.2, 0) is 14.8 Å². The Kier molecular flexibility index (Phi) is 3.61. The van der Waals surface area contributed by atoms with Crippen LogP contribution in [-0.4, -0.2) is 25.5 Å². The van der Waals surface area contributed by atoms with E-state index in [1.165, 1.54) is 30.3 Å². The minimum absolute atomic E-state index is 0.0574. The van der Waals surface area contributed by atoms with Crippen LogP contribution in [0.4, 0.5) is 11.4 Å². The van der Waals surface area contributed by atoms with Gasteiger partial charge in [-0.05, 0) is 37.3 Å². The number of sulfonamides is 1. The SMILES string of the molecule is CC1Oc2ccc(S(=O)(=O)Nc3ccccc3O)cc2NC1=O. The molecule has 0 bridgehead atoms. The van der Waals surface area contributed by atoms with Crippen molar-refractivity contribution in [2.24, 2.45) is 0 Å². The number of nitrogens with one attached hydrogen (secondary N) is 2. The first-order valence-electron chi connectivity index (χ1n) is 6.79. The zero-order chi connectivity index (χ0) is 16.6. The number of carbonyl (C=O) groups is 1. The molecule has 7 nitrogen and oxygen atoms in total. The fraction of sp³-hybridized carbons (Fsp3) is 0.133. The molecule has 8 heteroatoms. The number of fused-ring (bicyclic) bond motifs is 1. The van der Waals surface area contributed by atoms with E-state index in [0.717, 1.165) is 0 Å². The van der Waals surface area contributed by atoms with Gasteiger partial charge < -0.3 is 15.2 Å². The highest BCUT2D eigenvalue weighted by atomic mass is 32.2. The molecule has 120 valence electrons. The number of para-hydroxylation sites is 2. The van der Waals surface area contributed by atoms with Gasteiger partial charge in [-0.1, -0.05) is 12.1 Å². The van der Waals surface area contributed by atoms with Crippen molar-refractivity contribution in [3.05, 3.63) is 42.5 Å². The molecule has 1 heterocycles. The van der Waals surface area contributed by atoms with Gasteiger partial charge in [0.1, 0.15) is 11.5 Å². The molecule has 0 aromatic heterocycles. The van der Waals surface area contributed by atoms with Crippen molar-refractivity contribution < 1.29 is 23.1 Å². The molecule has 0 spiro atoms. The number of carbonyl (C=O) groups excluding carboxylic acids is 1. The third kappa shape index (κ3) is 2.93. The Morgan fingerprint density at radius 1 is 1.22 bits per heavy atom. The average Bonchev–Trinajstić information content (AvgIpc) is 2.50. The van der Waals surface area contributed by atoms with Crippen LogP contribution in [0.2, 0.25) is 0 Å². The van der Waals surface area contributed by atoms with Crippen LogP contribution < -0.4 is 14.8 Å². The first-order chi connectivity index (χ1) is 10.9. The highest BCUT2D eigenvalue weighted by molar-refractivity contribution is 7.92. The summed E-state index contributed by atoms with van der Waals surface area (Å²) in [6.07, 6.45) is -0.635. The zero-order valence-corrected chi connectivity index (χ0v) is 12.9. The van der Waals surface area contributed by atoms with Crippen molar-refractivity contribution in [1.29, 1.82) is 0 Å². The number of rotatable bonds is 3. The lowest BCUT2D eigenvalue weighted by molar-refractivity contribution is -0.122. The van der Waals surface area contributed by atoms with Crippen molar-refractivity contribution >= 4 is 27.3 Å². The van der Waals surface area contributed by atoms with Crippen LogP contribution >= 0.6 is 0 Å². The summed E-state index contributed by atoms with van der Waals surface area (Å²) in [7, 11) is -3.92. The topological polar surface area (TPSA) is 105 Å². The van der Waals surface area contributed by atoms with Crippen LogP contribution in [0, 0.1) is 0 Å². The van der Waals surface area contributed by atoms with Gasteiger partial charge in [0.2, 0.25) is 0 Å². The van der Waals surface area contributed by atoms with E-state index >= 15 is 0 Å². The first-order valence-corrected chi connectivity index (χ1v) is 8.27. The molecule has 3 N–H and O–H groups in total. The molecule has 1 unspecified atom stereocenters. The second-order valence-electron chi connectivity index (χ2n) is 5.03. The number of phenolic OH excluding ortho intramolecular Hbond substituents is 1. The van der Waals surface area contributed by atoms with E-state index in [-0.39, 0.29) is 27.9 Å². The largest absolute Gasteiger partial charge is 0.506 e. The summed E-state index contributed by atoms with van der Waals surface area (Å²) >= 11 is 0. The fourth-order valence-corrected chi connectivity index (χ4v) is 3.22. The molecule has 3 rings (SSSR count). The molecule has 2 aromatic carbocycles. The molecule has 23 heavy (non-hydrogen) atoms. The number of aromatic hydroxyl groups is 1. The monoisotopic (exact) mass is 334 g/mol. The first kappa shape index (κ1) is 15.2. The summed E-state index contributed by atoms with van der Waals surface area (Å²) in [5, 5.41) is 12.3. The number of phenols is 1. The highest BCUT2D eigenvalue weighted by Gasteiger charge is 2.25. The molecule has 0 saturated heterocycles. The van der Waals surface area contributed by atoms with Gasteiger partial charge in [-0.3, -0.25) is 9.52 Å². The molecule has 1 amide bonds. The number of amides is 1. The Bertz CT molecular complexity index is 879. The lowest BCUT2D eigenvalue weighted by Crippen LogP contribution is -2.34. The quantitative estimate of drug-likeness (QED) is 0.744. The molecule has 1 aliphatic heterocycles. The van der Waals surface area contributed by atoms with Crippen LogP contribution in [0.15, 0.2) is 47.4 Å². The van der Waals surface area contributed by atoms with Crippen molar-refractivity contribution in [2.75, 3.05) is 10.0 Å². The van der Waals surface area contributed by atoms with Gasteiger partial charge in [0.15, 0.2) is 6.10 Å². The third-order valence-electron chi connectivity index (χ3n) is 3.34. The van der Waals surface area contributed by atoms with E-state index in [4.69, 9.17) is 4.74 Å². The maximum absolute atomic E-state index is 12.4. The smallest absolute Gasteiger partial charge is 0.265 e. The van der Waals surface area contributed by atoms with Crippen LogP contribution in [0.5, 0.6) is 11.5 Å². The number of ether oxygens (including phenoxy) is 1. The minimum Gasteiger partial charge on any atom is -0.506 e. The summed E-state index contributed by atoms with van der Waals surface area (Å²) in [5.41, 5.74) is 0.354. The molecule has 0 fully saturated rings. The number of anilines is 2. The Balaban J connectivity index is 1.94. The van der Waals surface area contributed by atoms with Gasteiger partial charge in [0, 0.05) is 0 Å². The average molecular weight is 334 g/mol. The second kappa shape index (κ2) is 5.47. The maximum atomic E-state index is 12.4. The molecule has 1 atom stereocenters. The predicted octanol–water partition coefficient (Wildman–Crippen LogP) is 1.91. The van der Waals surface area contributed by atoms with E-state index in [0.29, 0.717) is 5.75 Å². The predicted molar refractivity (Wildman–Crippen MR) is 84.1 cm³/mol. The van der Waals surface area contributed by atoms with Crippen LogP contribution in [0.3, 0.4) is 0 Å². The van der Waals surface area contributed by atoms with E-state index in [1.54, 1.807) is 19.1 Å². The molecule has 1 aliphatic rings. The van der Waals surface area contributed by atoms with E-state index in [9.17, 15) is 18.3 Å². The molecular weight excluding hydrogens is 320 g/mol. The Labute approximate surface area is 133 Å². The van der Waals surface area contributed by atoms with Gasteiger partial charge in [0.25, 0.3) is 15.9 Å². The zero-order valence-electron chi connectivity index (χ0n) is 12.1. The summed E-state index contributed by atoms with van der Waals surface area (Å²) in [6, 6.07) is 10.1. The second-order valence-corrected chi connectivity index (χ2v) is 6.71. The van der Waals surface area contributed by atoms with Crippen molar-refractivity contribution in [3.63, 3.8) is 0 Å². The normalized spacial score (nSPS) is 16.9. The van der Waals surface area contributed by atoms with E-state index in [2.05, 4.69) is 10.0 Å². The summed E-state index contributed by atoms with van der Waals surface area (Å²) in [5.74, 6) is -0.126. The number of hydrogen-bond acceptors (Lipinski definition) is 5. The Hall–Kier alpha value is -2.74. The van der Waals surface area contributed by atoms with Gasteiger partial charge >= 0.3 is 0 Å². The van der Waals surface area contributed by atoms with E-state index < -0.39 is 16.1 Å². The number of hydrogen-bond donors (Lipinski definition) is 3. The minimum atomic E-state index is -3.92. The van der Waals surface area contributed by atoms with E-state index in [1.807, 2.05) is 0 Å². The highest BCUT2D eigenvalue weighted by Crippen LogP contribution is 2.33. The van der Waals surface area contributed by atoms with Crippen LogP contribution in [0.1, 0.15) is 6.92 Å². The molecule has 2 aromatic rings. The molecule has 0 aliphatic carbocycles. The summed E-state index contributed by atoms with van der Waals surface area (Å²) < 4.78 is 32.5. The lowest BCUT2D eigenvalue weighted by Gasteiger charge is -2.23. The van der Waals surface area contributed by atoms with Gasteiger partial charge in [-0.25, -0.2) is 8.42 Å². The Morgan fingerprint density at radius 2 is 1.96 bits per heavy atom. The lowest BCUT2D eigenvalue weighted by atomic mass is 10.2. The molecule has 0 radical (unpaired) electrons. The van der Waals surface area contributed by atoms with Gasteiger partial charge in [-0.15, -0.1) is 0 Å².